The molecule has 0 saturated carbocycles. The lowest BCUT2D eigenvalue weighted by molar-refractivity contribution is 0.100. The zero-order valence-electron chi connectivity index (χ0n) is 18.4. The van der Waals surface area contributed by atoms with Gasteiger partial charge in [-0.25, -0.2) is 0 Å². The summed E-state index contributed by atoms with van der Waals surface area (Å²) in [5.74, 6) is 5.80. The third kappa shape index (κ3) is 6.69. The van der Waals surface area contributed by atoms with Crippen molar-refractivity contribution in [3.63, 3.8) is 0 Å². The van der Waals surface area contributed by atoms with Crippen molar-refractivity contribution < 1.29 is 9.90 Å². The Balaban J connectivity index is 0.000000248. The predicted octanol–water partition coefficient (Wildman–Crippen LogP) is 5.12. The molecule has 0 bridgehead atoms. The van der Waals surface area contributed by atoms with E-state index in [-0.39, 0.29) is 16.3 Å². The molecule has 4 aromatic carbocycles. The van der Waals surface area contributed by atoms with Gasteiger partial charge in [-0.1, -0.05) is 84.1 Å². The highest BCUT2D eigenvalue weighted by molar-refractivity contribution is 6.32. The molecule has 0 saturated heterocycles. The topological polar surface area (TPSA) is 99.2 Å². The van der Waals surface area contributed by atoms with E-state index in [1.807, 2.05) is 48.5 Å². The number of benzene rings is 4. The first-order valence-electron chi connectivity index (χ1n) is 10.5. The lowest BCUT2D eigenvalue weighted by atomic mass is 10.0. The number of aromatic hydroxyl groups is 1. The molecule has 0 aromatic heterocycles. The van der Waals surface area contributed by atoms with E-state index in [9.17, 15) is 4.79 Å². The van der Waals surface area contributed by atoms with Gasteiger partial charge in [-0.05, 0) is 46.2 Å². The molecule has 0 fully saturated rings. The Morgan fingerprint density at radius 2 is 1.71 bits per heavy atom. The van der Waals surface area contributed by atoms with Crippen molar-refractivity contribution in [3.05, 3.63) is 112 Å². The van der Waals surface area contributed by atoms with Gasteiger partial charge < -0.3 is 21.6 Å². The van der Waals surface area contributed by atoms with Crippen LogP contribution in [0, 0.1) is 17.3 Å². The van der Waals surface area contributed by atoms with Crippen LogP contribution in [-0.2, 0) is 6.54 Å². The number of nitrogens with one attached hydrogen (secondary N) is 2. The second kappa shape index (κ2) is 12.2. The lowest BCUT2D eigenvalue weighted by Crippen LogP contribution is -2.12. The number of phenolic OH excluding ortho intramolecular Hbond substituents is 1. The lowest BCUT2D eigenvalue weighted by Gasteiger charge is -2.04. The minimum atomic E-state index is -0.563. The third-order valence-electron chi connectivity index (χ3n) is 4.95. The number of amides is 1. The fourth-order valence-electron chi connectivity index (χ4n) is 3.22. The Bertz CT molecular complexity index is 1360. The summed E-state index contributed by atoms with van der Waals surface area (Å²) in [5.41, 5.74) is 8.43. The van der Waals surface area contributed by atoms with Crippen LogP contribution >= 0.6 is 11.6 Å². The number of hydrogen-bond acceptors (Lipinski definition) is 4. The highest BCUT2D eigenvalue weighted by atomic mass is 35.5. The highest BCUT2D eigenvalue weighted by Crippen LogP contribution is 2.23. The Morgan fingerprint density at radius 1 is 1.00 bits per heavy atom. The number of primary amides is 1. The van der Waals surface area contributed by atoms with Crippen LogP contribution in [0.3, 0.4) is 0 Å². The number of fused-ring (bicyclic) bond motifs is 1. The van der Waals surface area contributed by atoms with Gasteiger partial charge in [0, 0.05) is 23.9 Å². The summed E-state index contributed by atoms with van der Waals surface area (Å²) in [6.45, 7) is 1.47. The molecule has 5 N–H and O–H groups in total. The van der Waals surface area contributed by atoms with Crippen molar-refractivity contribution in [2.75, 3.05) is 6.54 Å². The van der Waals surface area contributed by atoms with Gasteiger partial charge in [0.15, 0.2) is 0 Å². The molecule has 0 aliphatic heterocycles. The van der Waals surface area contributed by atoms with E-state index in [1.54, 1.807) is 0 Å². The number of carbonyl (C=O) groups is 1. The smallest absolute Gasteiger partial charge is 0.248 e. The Kier molecular flexibility index (Phi) is 8.81. The average molecular weight is 470 g/mol. The monoisotopic (exact) mass is 469 g/mol. The van der Waals surface area contributed by atoms with Gasteiger partial charge in [-0.15, -0.1) is 0 Å². The van der Waals surface area contributed by atoms with Gasteiger partial charge in [0.25, 0.3) is 0 Å². The summed E-state index contributed by atoms with van der Waals surface area (Å²) >= 11 is 5.50. The maximum Gasteiger partial charge on any atom is 0.248 e. The number of carbonyl (C=O) groups excluding carboxylic acids is 1. The molecule has 0 aliphatic carbocycles. The molecule has 170 valence electrons. The minimum absolute atomic E-state index is 0.0586. The van der Waals surface area contributed by atoms with E-state index >= 15 is 0 Å². The molecule has 1 amide bonds. The summed E-state index contributed by atoms with van der Waals surface area (Å²) in [4.78, 5) is 10.5. The van der Waals surface area contributed by atoms with Crippen LogP contribution in [0.15, 0.2) is 84.9 Å². The van der Waals surface area contributed by atoms with Crippen LogP contribution in [0.25, 0.3) is 10.8 Å². The van der Waals surface area contributed by atoms with Crippen molar-refractivity contribution in [2.45, 2.75) is 6.54 Å². The first kappa shape index (κ1) is 24.5. The summed E-state index contributed by atoms with van der Waals surface area (Å²) < 4.78 is 0. The number of phenols is 1. The number of rotatable bonds is 5. The number of hydrogen-bond donors (Lipinski definition) is 4. The molecule has 0 spiro atoms. The van der Waals surface area contributed by atoms with Crippen molar-refractivity contribution in [3.8, 4) is 17.6 Å². The second-order valence-corrected chi connectivity index (χ2v) is 7.72. The molecule has 0 heterocycles. The van der Waals surface area contributed by atoms with E-state index in [2.05, 4.69) is 35.4 Å². The van der Waals surface area contributed by atoms with Crippen molar-refractivity contribution >= 4 is 34.5 Å². The first-order valence-corrected chi connectivity index (χ1v) is 10.9. The van der Waals surface area contributed by atoms with Gasteiger partial charge in [-0.3, -0.25) is 4.79 Å². The van der Waals surface area contributed by atoms with E-state index in [0.29, 0.717) is 6.54 Å². The molecule has 5 nitrogen and oxygen atoms in total. The van der Waals surface area contributed by atoms with Crippen molar-refractivity contribution in [1.82, 2.24) is 5.32 Å². The molecule has 0 unspecified atom stereocenters. The van der Waals surface area contributed by atoms with Crippen LogP contribution in [0.2, 0.25) is 5.02 Å². The second-order valence-electron chi connectivity index (χ2n) is 7.31. The van der Waals surface area contributed by atoms with Gasteiger partial charge in [0.05, 0.1) is 11.6 Å². The molecule has 4 rings (SSSR count). The van der Waals surface area contributed by atoms with Gasteiger partial charge >= 0.3 is 0 Å². The normalized spacial score (nSPS) is 9.91. The van der Waals surface area contributed by atoms with Crippen LogP contribution in [0.5, 0.6) is 5.75 Å². The molecule has 0 radical (unpaired) electrons. The van der Waals surface area contributed by atoms with Crippen LogP contribution in [-0.4, -0.2) is 23.8 Å². The summed E-state index contributed by atoms with van der Waals surface area (Å²) in [6, 6.07) is 26.4. The SMILES string of the molecule is N=Cc1ccc(C#CCNCc2ccccc2)c2ccccc12.NC(=O)c1ccc(O)c(Cl)c1. The minimum Gasteiger partial charge on any atom is -0.506 e. The molecule has 0 atom stereocenters. The highest BCUT2D eigenvalue weighted by Gasteiger charge is 2.03. The number of nitrogens with two attached hydrogens (primary N) is 1. The van der Waals surface area contributed by atoms with Gasteiger partial charge in [0.2, 0.25) is 5.91 Å². The summed E-state index contributed by atoms with van der Waals surface area (Å²) in [6.07, 6.45) is 1.39. The van der Waals surface area contributed by atoms with Gasteiger partial charge in [-0.2, -0.15) is 0 Å². The molecule has 0 aliphatic rings. The fraction of sp³-hybridized carbons (Fsp3) is 0.0714. The van der Waals surface area contributed by atoms with E-state index < -0.39 is 5.91 Å². The molecule has 6 heteroatoms. The molecular weight excluding hydrogens is 446 g/mol. The quantitative estimate of drug-likeness (QED) is 0.185. The number of halogens is 1. The molecular formula is C28H24ClN3O2. The standard InChI is InChI=1S/C21H18N2.C7H6ClNO2/c22-15-19-13-12-18(20-10-4-5-11-21(19)20)9-6-14-23-16-17-7-2-1-3-8-17;8-5-3-4(7(9)11)1-2-6(5)10/h1-5,7-8,10-13,15,22-23H,14,16H2;1-3,10H,(H2,9,11). The summed E-state index contributed by atoms with van der Waals surface area (Å²) in [7, 11) is 0. The van der Waals surface area contributed by atoms with Crippen molar-refractivity contribution in [2.24, 2.45) is 5.73 Å². The molecule has 4 aromatic rings. The Morgan fingerprint density at radius 3 is 2.38 bits per heavy atom. The van der Waals surface area contributed by atoms with Crippen molar-refractivity contribution in [1.29, 1.82) is 5.41 Å². The maximum absolute atomic E-state index is 10.5. The third-order valence-corrected chi connectivity index (χ3v) is 5.26. The van der Waals surface area contributed by atoms with Crippen LogP contribution in [0.4, 0.5) is 0 Å². The first-order chi connectivity index (χ1) is 16.5. The Hall–Kier alpha value is -4.11. The fourth-order valence-corrected chi connectivity index (χ4v) is 3.40. The zero-order valence-corrected chi connectivity index (χ0v) is 19.1. The maximum atomic E-state index is 10.5. The largest absolute Gasteiger partial charge is 0.506 e. The van der Waals surface area contributed by atoms with E-state index in [1.165, 1.54) is 30.0 Å². The van der Waals surface area contributed by atoms with Crippen LogP contribution in [0.1, 0.15) is 27.0 Å². The zero-order chi connectivity index (χ0) is 24.3. The van der Waals surface area contributed by atoms with E-state index in [4.69, 9.17) is 27.9 Å². The van der Waals surface area contributed by atoms with Crippen LogP contribution < -0.4 is 11.1 Å². The van der Waals surface area contributed by atoms with E-state index in [0.717, 1.165) is 28.4 Å². The predicted molar refractivity (Wildman–Crippen MR) is 138 cm³/mol. The summed E-state index contributed by atoms with van der Waals surface area (Å²) in [5, 5.41) is 22.1. The molecule has 34 heavy (non-hydrogen) atoms. The Labute approximate surface area is 203 Å². The average Bonchev–Trinajstić information content (AvgIpc) is 2.86. The van der Waals surface area contributed by atoms with Gasteiger partial charge in [0.1, 0.15) is 5.75 Å².